The molecular formula is C17H24N2O3. The predicted molar refractivity (Wildman–Crippen MR) is 84.1 cm³/mol. The Hall–Kier alpha value is -1.75. The summed E-state index contributed by atoms with van der Waals surface area (Å²) in [5.74, 6) is 0.884. The lowest BCUT2D eigenvalue weighted by Gasteiger charge is -2.22. The highest BCUT2D eigenvalue weighted by molar-refractivity contribution is 5.74. The third kappa shape index (κ3) is 3.53. The first-order valence-electron chi connectivity index (χ1n) is 8.06. The zero-order valence-electron chi connectivity index (χ0n) is 13.1. The molecule has 2 aliphatic heterocycles. The van der Waals surface area contributed by atoms with Crippen LogP contribution in [0.15, 0.2) is 18.2 Å². The number of nitrogens with one attached hydrogen (secondary N) is 1. The Morgan fingerprint density at radius 1 is 1.41 bits per heavy atom. The highest BCUT2D eigenvalue weighted by Crippen LogP contribution is 2.23. The van der Waals surface area contributed by atoms with Crippen LogP contribution in [0.25, 0.3) is 0 Å². The maximum absolute atomic E-state index is 12.4. The first-order chi connectivity index (χ1) is 10.8. The number of benzene rings is 1. The van der Waals surface area contributed by atoms with E-state index in [0.717, 1.165) is 44.6 Å². The van der Waals surface area contributed by atoms with Crippen molar-refractivity contribution in [3.8, 4) is 5.75 Å². The van der Waals surface area contributed by atoms with Gasteiger partial charge in [0.15, 0.2) is 0 Å². The topological polar surface area (TPSA) is 50.8 Å². The summed E-state index contributed by atoms with van der Waals surface area (Å²) in [7, 11) is 1.68. The number of carbonyl (C=O) groups excluding carboxylic acids is 1. The van der Waals surface area contributed by atoms with Gasteiger partial charge in [-0.25, -0.2) is 4.79 Å². The van der Waals surface area contributed by atoms with Crippen LogP contribution in [0.4, 0.5) is 4.79 Å². The van der Waals surface area contributed by atoms with E-state index in [1.165, 1.54) is 11.1 Å². The number of ether oxygens (including phenoxy) is 2. The molecule has 22 heavy (non-hydrogen) atoms. The van der Waals surface area contributed by atoms with Crippen LogP contribution in [0.3, 0.4) is 0 Å². The molecule has 0 saturated carbocycles. The molecule has 1 aromatic carbocycles. The van der Waals surface area contributed by atoms with Gasteiger partial charge in [-0.3, -0.25) is 0 Å². The molecule has 1 fully saturated rings. The van der Waals surface area contributed by atoms with Gasteiger partial charge < -0.3 is 19.7 Å². The second-order valence-electron chi connectivity index (χ2n) is 5.98. The van der Waals surface area contributed by atoms with E-state index >= 15 is 0 Å². The average Bonchev–Trinajstić information content (AvgIpc) is 2.97. The molecule has 1 atom stereocenters. The standard InChI is InChI=1S/C17H24N2O3/c1-21-15-7-6-14-12-19(8-2-4-13(14)10-15)17(20)18-11-16-5-3-9-22-16/h6-7,10,16H,2-5,8-9,11-12H2,1H3,(H,18,20). The number of aryl methyl sites for hydroxylation is 1. The zero-order chi connectivity index (χ0) is 15.4. The van der Waals surface area contributed by atoms with Crippen molar-refractivity contribution in [2.45, 2.75) is 38.3 Å². The summed E-state index contributed by atoms with van der Waals surface area (Å²) < 4.78 is 10.8. The van der Waals surface area contributed by atoms with E-state index in [-0.39, 0.29) is 12.1 Å². The van der Waals surface area contributed by atoms with E-state index in [2.05, 4.69) is 17.4 Å². The Balaban J connectivity index is 1.60. The molecule has 1 saturated heterocycles. The smallest absolute Gasteiger partial charge is 0.317 e. The van der Waals surface area contributed by atoms with Crippen LogP contribution in [-0.4, -0.2) is 43.8 Å². The fourth-order valence-electron chi connectivity index (χ4n) is 3.15. The number of methoxy groups -OCH3 is 1. The minimum absolute atomic E-state index is 0.0131. The molecule has 1 N–H and O–H groups in total. The van der Waals surface area contributed by atoms with Crippen LogP contribution < -0.4 is 10.1 Å². The summed E-state index contributed by atoms with van der Waals surface area (Å²) in [6.45, 7) is 2.88. The largest absolute Gasteiger partial charge is 0.497 e. The molecule has 3 rings (SSSR count). The summed E-state index contributed by atoms with van der Waals surface area (Å²) in [6, 6.07) is 6.13. The third-order valence-electron chi connectivity index (χ3n) is 4.44. The molecule has 0 spiro atoms. The van der Waals surface area contributed by atoms with E-state index in [1.807, 2.05) is 11.0 Å². The summed E-state index contributed by atoms with van der Waals surface area (Å²) in [5.41, 5.74) is 2.50. The van der Waals surface area contributed by atoms with E-state index in [4.69, 9.17) is 9.47 Å². The third-order valence-corrected chi connectivity index (χ3v) is 4.44. The van der Waals surface area contributed by atoms with Crippen molar-refractivity contribution in [1.82, 2.24) is 10.2 Å². The lowest BCUT2D eigenvalue weighted by molar-refractivity contribution is 0.108. The highest BCUT2D eigenvalue weighted by atomic mass is 16.5. The van der Waals surface area contributed by atoms with E-state index in [1.54, 1.807) is 7.11 Å². The fourth-order valence-corrected chi connectivity index (χ4v) is 3.15. The van der Waals surface area contributed by atoms with Crippen molar-refractivity contribution in [3.05, 3.63) is 29.3 Å². The highest BCUT2D eigenvalue weighted by Gasteiger charge is 2.21. The van der Waals surface area contributed by atoms with Crippen molar-refractivity contribution in [1.29, 1.82) is 0 Å². The van der Waals surface area contributed by atoms with Gasteiger partial charge in [0.1, 0.15) is 5.75 Å². The van der Waals surface area contributed by atoms with Gasteiger partial charge in [0.25, 0.3) is 0 Å². The summed E-state index contributed by atoms with van der Waals surface area (Å²) in [4.78, 5) is 14.3. The number of amides is 2. The SMILES string of the molecule is COc1ccc2c(c1)CCCN(C(=O)NCC1CCCO1)C2. The summed E-state index contributed by atoms with van der Waals surface area (Å²) >= 11 is 0. The van der Waals surface area contributed by atoms with Crippen LogP contribution in [-0.2, 0) is 17.7 Å². The predicted octanol–water partition coefficient (Wildman–Crippen LogP) is 2.33. The monoisotopic (exact) mass is 304 g/mol. The van der Waals surface area contributed by atoms with Crippen molar-refractivity contribution >= 4 is 6.03 Å². The molecule has 1 aromatic rings. The Morgan fingerprint density at radius 2 is 2.32 bits per heavy atom. The molecule has 2 amide bonds. The van der Waals surface area contributed by atoms with Crippen LogP contribution in [0.1, 0.15) is 30.4 Å². The maximum atomic E-state index is 12.4. The van der Waals surface area contributed by atoms with Crippen molar-refractivity contribution < 1.29 is 14.3 Å². The quantitative estimate of drug-likeness (QED) is 0.932. The molecule has 0 aliphatic carbocycles. The minimum atomic E-state index is 0.0131. The first-order valence-corrected chi connectivity index (χ1v) is 8.06. The number of hydrogen-bond donors (Lipinski definition) is 1. The van der Waals surface area contributed by atoms with Crippen LogP contribution in [0.5, 0.6) is 5.75 Å². The number of nitrogens with zero attached hydrogens (tertiary/aromatic N) is 1. The van der Waals surface area contributed by atoms with Gasteiger partial charge in [-0.05, 0) is 48.9 Å². The molecule has 5 nitrogen and oxygen atoms in total. The second-order valence-corrected chi connectivity index (χ2v) is 5.98. The van der Waals surface area contributed by atoms with Gasteiger partial charge in [-0.1, -0.05) is 6.07 Å². The van der Waals surface area contributed by atoms with Crippen molar-refractivity contribution in [3.63, 3.8) is 0 Å². The van der Waals surface area contributed by atoms with Gasteiger partial charge in [-0.2, -0.15) is 0 Å². The zero-order valence-corrected chi connectivity index (χ0v) is 13.1. The van der Waals surface area contributed by atoms with Gasteiger partial charge in [0.2, 0.25) is 0 Å². The van der Waals surface area contributed by atoms with E-state index in [9.17, 15) is 4.79 Å². The number of carbonyl (C=O) groups is 1. The first kappa shape index (κ1) is 15.2. The lowest BCUT2D eigenvalue weighted by atomic mass is 10.0. The molecule has 120 valence electrons. The number of rotatable bonds is 3. The van der Waals surface area contributed by atoms with Gasteiger partial charge in [0.05, 0.1) is 13.2 Å². The van der Waals surface area contributed by atoms with Gasteiger partial charge in [-0.15, -0.1) is 0 Å². The normalized spacial score (nSPS) is 21.1. The number of hydrogen-bond acceptors (Lipinski definition) is 3. The molecule has 0 bridgehead atoms. The Morgan fingerprint density at radius 3 is 3.09 bits per heavy atom. The van der Waals surface area contributed by atoms with Gasteiger partial charge >= 0.3 is 6.03 Å². The average molecular weight is 304 g/mol. The van der Waals surface area contributed by atoms with Crippen LogP contribution in [0.2, 0.25) is 0 Å². The van der Waals surface area contributed by atoms with E-state index in [0.29, 0.717) is 13.1 Å². The Labute approximate surface area is 131 Å². The van der Waals surface area contributed by atoms with Crippen LogP contribution >= 0.6 is 0 Å². The van der Waals surface area contributed by atoms with Crippen molar-refractivity contribution in [2.24, 2.45) is 0 Å². The Kier molecular flexibility index (Phi) is 4.83. The molecule has 1 unspecified atom stereocenters. The Bertz CT molecular complexity index is 527. The summed E-state index contributed by atoms with van der Waals surface area (Å²) in [5, 5.41) is 3.01. The summed E-state index contributed by atoms with van der Waals surface area (Å²) in [6.07, 6.45) is 4.30. The maximum Gasteiger partial charge on any atom is 0.317 e. The molecule has 2 aliphatic rings. The molecule has 0 radical (unpaired) electrons. The molecule has 0 aromatic heterocycles. The number of fused-ring (bicyclic) bond motifs is 1. The fraction of sp³-hybridized carbons (Fsp3) is 0.588. The minimum Gasteiger partial charge on any atom is -0.497 e. The van der Waals surface area contributed by atoms with Crippen LogP contribution in [0, 0.1) is 0 Å². The van der Waals surface area contributed by atoms with Crippen molar-refractivity contribution in [2.75, 3.05) is 26.8 Å². The molecule has 2 heterocycles. The number of urea groups is 1. The second kappa shape index (κ2) is 7.01. The van der Waals surface area contributed by atoms with Gasteiger partial charge in [0, 0.05) is 26.2 Å². The molecule has 5 heteroatoms. The van der Waals surface area contributed by atoms with E-state index < -0.39 is 0 Å². The lowest BCUT2D eigenvalue weighted by Crippen LogP contribution is -2.42. The molecular weight excluding hydrogens is 280 g/mol.